The van der Waals surface area contributed by atoms with Gasteiger partial charge >= 0.3 is 0 Å². The van der Waals surface area contributed by atoms with Crippen LogP contribution in [0.2, 0.25) is 0 Å². The molecule has 0 saturated heterocycles. The quantitative estimate of drug-likeness (QED) is 0.755. The molecular weight excluding hydrogens is 264 g/mol. The number of hydrogen-bond acceptors (Lipinski definition) is 4. The van der Waals surface area contributed by atoms with Crippen molar-refractivity contribution in [2.45, 2.75) is 56.6 Å². The lowest BCUT2D eigenvalue weighted by molar-refractivity contribution is 0.282. The van der Waals surface area contributed by atoms with Crippen LogP contribution in [0.15, 0.2) is 11.2 Å². The normalized spacial score (nSPS) is 24.5. The van der Waals surface area contributed by atoms with Crippen LogP contribution in [0.5, 0.6) is 0 Å². The zero-order valence-corrected chi connectivity index (χ0v) is 12.0. The number of sulfonamides is 1. The molecule has 1 heterocycles. The van der Waals surface area contributed by atoms with Gasteiger partial charge in [-0.1, -0.05) is 26.2 Å². The van der Waals surface area contributed by atoms with Crippen molar-refractivity contribution in [2.24, 2.45) is 11.7 Å². The van der Waals surface area contributed by atoms with E-state index < -0.39 is 10.0 Å². The molecule has 2 unspecified atom stereocenters. The van der Waals surface area contributed by atoms with Gasteiger partial charge in [0, 0.05) is 18.2 Å². The van der Waals surface area contributed by atoms with E-state index in [4.69, 9.17) is 5.73 Å². The second-order valence-electron chi connectivity index (χ2n) is 5.11. The highest BCUT2D eigenvalue weighted by Gasteiger charge is 2.30. The van der Waals surface area contributed by atoms with Crippen molar-refractivity contribution in [3.05, 3.63) is 11.8 Å². The maximum Gasteiger partial charge on any atom is 0.258 e. The molecule has 0 aromatic carbocycles. The van der Waals surface area contributed by atoms with Gasteiger partial charge in [0.15, 0.2) is 5.03 Å². The fourth-order valence-electron chi connectivity index (χ4n) is 2.79. The predicted molar refractivity (Wildman–Crippen MR) is 72.8 cm³/mol. The SMILES string of the molecule is CCC1CCCCC1NS(=O)(=O)c1[nH]ncc1CN. The third-order valence-electron chi connectivity index (χ3n) is 3.91. The Morgan fingerprint density at radius 2 is 2.21 bits per heavy atom. The van der Waals surface area contributed by atoms with Gasteiger partial charge in [-0.3, -0.25) is 5.10 Å². The van der Waals surface area contributed by atoms with Gasteiger partial charge in [0.2, 0.25) is 0 Å². The molecule has 2 atom stereocenters. The Labute approximate surface area is 114 Å². The van der Waals surface area contributed by atoms with Gasteiger partial charge in [0.05, 0.1) is 6.20 Å². The monoisotopic (exact) mass is 286 g/mol. The van der Waals surface area contributed by atoms with Crippen molar-refractivity contribution in [3.63, 3.8) is 0 Å². The van der Waals surface area contributed by atoms with Crippen LogP contribution in [0, 0.1) is 5.92 Å². The summed E-state index contributed by atoms with van der Waals surface area (Å²) in [5.74, 6) is 0.424. The van der Waals surface area contributed by atoms with E-state index in [0.29, 0.717) is 11.5 Å². The Bertz CT molecular complexity index is 512. The summed E-state index contributed by atoms with van der Waals surface area (Å²) in [4.78, 5) is 0. The smallest absolute Gasteiger partial charge is 0.258 e. The zero-order chi connectivity index (χ0) is 13.9. The highest BCUT2D eigenvalue weighted by molar-refractivity contribution is 7.89. The summed E-state index contributed by atoms with van der Waals surface area (Å²) >= 11 is 0. The average molecular weight is 286 g/mol. The van der Waals surface area contributed by atoms with Crippen LogP contribution >= 0.6 is 0 Å². The Balaban J connectivity index is 2.16. The summed E-state index contributed by atoms with van der Waals surface area (Å²) in [6.07, 6.45) is 6.73. The molecular formula is C12H22N4O2S. The lowest BCUT2D eigenvalue weighted by Crippen LogP contribution is -2.42. The second kappa shape index (κ2) is 6.02. The van der Waals surface area contributed by atoms with Crippen LogP contribution in [0.4, 0.5) is 0 Å². The van der Waals surface area contributed by atoms with E-state index in [-0.39, 0.29) is 17.6 Å². The van der Waals surface area contributed by atoms with Gasteiger partial charge in [0.25, 0.3) is 10.0 Å². The van der Waals surface area contributed by atoms with E-state index in [2.05, 4.69) is 21.8 Å². The lowest BCUT2D eigenvalue weighted by atomic mass is 9.83. The van der Waals surface area contributed by atoms with Gasteiger partial charge in [0.1, 0.15) is 0 Å². The van der Waals surface area contributed by atoms with Crippen LogP contribution < -0.4 is 10.5 Å². The van der Waals surface area contributed by atoms with Crippen molar-refractivity contribution < 1.29 is 8.42 Å². The van der Waals surface area contributed by atoms with Gasteiger partial charge in [-0.25, -0.2) is 13.1 Å². The number of aromatic nitrogens is 2. The molecule has 108 valence electrons. The molecule has 19 heavy (non-hydrogen) atoms. The zero-order valence-electron chi connectivity index (χ0n) is 11.2. The topological polar surface area (TPSA) is 101 Å². The van der Waals surface area contributed by atoms with Crippen LogP contribution in [-0.2, 0) is 16.6 Å². The molecule has 0 spiro atoms. The number of nitrogens with zero attached hydrogens (tertiary/aromatic N) is 1. The average Bonchev–Trinajstić information content (AvgIpc) is 2.88. The fraction of sp³-hybridized carbons (Fsp3) is 0.750. The van der Waals surface area contributed by atoms with Crippen molar-refractivity contribution in [1.29, 1.82) is 0 Å². The third kappa shape index (κ3) is 3.16. The Hall–Kier alpha value is -0.920. The Morgan fingerprint density at radius 3 is 2.89 bits per heavy atom. The first-order valence-corrected chi connectivity index (χ1v) is 8.31. The highest BCUT2D eigenvalue weighted by atomic mass is 32.2. The van der Waals surface area contributed by atoms with E-state index in [1.165, 1.54) is 12.6 Å². The molecule has 7 heteroatoms. The maximum absolute atomic E-state index is 12.4. The van der Waals surface area contributed by atoms with Crippen molar-refractivity contribution in [3.8, 4) is 0 Å². The number of nitrogens with two attached hydrogens (primary N) is 1. The molecule has 0 aliphatic heterocycles. The van der Waals surface area contributed by atoms with Crippen molar-refractivity contribution in [2.75, 3.05) is 0 Å². The first kappa shape index (κ1) is 14.5. The molecule has 6 nitrogen and oxygen atoms in total. The molecule has 0 amide bonds. The summed E-state index contributed by atoms with van der Waals surface area (Å²) in [7, 11) is -3.55. The van der Waals surface area contributed by atoms with E-state index >= 15 is 0 Å². The molecule has 0 bridgehead atoms. The predicted octanol–water partition coefficient (Wildman–Crippen LogP) is 1.12. The number of H-pyrrole nitrogens is 1. The molecule has 1 fully saturated rings. The minimum absolute atomic E-state index is 0.0256. The first-order chi connectivity index (χ1) is 9.08. The fourth-order valence-corrected chi connectivity index (χ4v) is 4.27. The number of nitrogens with one attached hydrogen (secondary N) is 2. The summed E-state index contributed by atoms with van der Waals surface area (Å²) in [5, 5.41) is 6.41. The number of hydrogen-bond donors (Lipinski definition) is 3. The van der Waals surface area contributed by atoms with Gasteiger partial charge in [-0.15, -0.1) is 0 Å². The Morgan fingerprint density at radius 1 is 1.47 bits per heavy atom. The van der Waals surface area contributed by atoms with Gasteiger partial charge in [-0.05, 0) is 18.8 Å². The summed E-state index contributed by atoms with van der Waals surface area (Å²) in [5.41, 5.74) is 6.05. The van der Waals surface area contributed by atoms with E-state index in [1.54, 1.807) is 0 Å². The maximum atomic E-state index is 12.4. The first-order valence-electron chi connectivity index (χ1n) is 6.83. The largest absolute Gasteiger partial charge is 0.326 e. The minimum Gasteiger partial charge on any atom is -0.326 e. The van der Waals surface area contributed by atoms with Crippen LogP contribution in [0.1, 0.15) is 44.6 Å². The third-order valence-corrected chi connectivity index (χ3v) is 5.41. The van der Waals surface area contributed by atoms with Gasteiger partial charge < -0.3 is 5.73 Å². The summed E-state index contributed by atoms with van der Waals surface area (Å²) in [6, 6.07) is 0.0256. The molecule has 2 rings (SSSR count). The van der Waals surface area contributed by atoms with E-state index in [0.717, 1.165) is 25.7 Å². The van der Waals surface area contributed by atoms with Crippen LogP contribution in [-0.4, -0.2) is 24.7 Å². The molecule has 0 radical (unpaired) electrons. The van der Waals surface area contributed by atoms with Crippen LogP contribution in [0.25, 0.3) is 0 Å². The van der Waals surface area contributed by atoms with Crippen LogP contribution in [0.3, 0.4) is 0 Å². The standard InChI is InChI=1S/C12H22N4O2S/c1-2-9-5-3-4-6-11(9)16-19(17,18)12-10(7-13)8-14-15-12/h8-9,11,16H,2-7,13H2,1H3,(H,14,15). The molecule has 1 aromatic rings. The molecule has 1 saturated carbocycles. The molecule has 1 aliphatic carbocycles. The molecule has 4 N–H and O–H groups in total. The van der Waals surface area contributed by atoms with E-state index in [1.807, 2.05) is 0 Å². The number of aromatic amines is 1. The summed E-state index contributed by atoms with van der Waals surface area (Å²) < 4.78 is 27.5. The minimum atomic E-state index is -3.55. The Kier molecular flexibility index (Phi) is 4.59. The number of rotatable bonds is 5. The van der Waals surface area contributed by atoms with Crippen molar-refractivity contribution in [1.82, 2.24) is 14.9 Å². The van der Waals surface area contributed by atoms with Gasteiger partial charge in [-0.2, -0.15) is 5.10 Å². The summed E-state index contributed by atoms with van der Waals surface area (Å²) in [6.45, 7) is 2.27. The molecule has 1 aliphatic rings. The lowest BCUT2D eigenvalue weighted by Gasteiger charge is -2.31. The molecule has 1 aromatic heterocycles. The second-order valence-corrected chi connectivity index (χ2v) is 6.76. The van der Waals surface area contributed by atoms with E-state index in [9.17, 15) is 8.42 Å². The van der Waals surface area contributed by atoms with Crippen molar-refractivity contribution >= 4 is 10.0 Å². The highest BCUT2D eigenvalue weighted by Crippen LogP contribution is 2.28.